The van der Waals surface area contributed by atoms with E-state index >= 15 is 0 Å². The van der Waals surface area contributed by atoms with E-state index in [0.29, 0.717) is 33.9 Å². The minimum atomic E-state index is -0.970. The molecular weight excluding hydrogens is 744 g/mol. The quantitative estimate of drug-likeness (QED) is 0.0316. The summed E-state index contributed by atoms with van der Waals surface area (Å²) in [7, 11) is 0. The van der Waals surface area contributed by atoms with Crippen LogP contribution in [0.3, 0.4) is 0 Å². The minimum absolute atomic E-state index is 0.0558. The van der Waals surface area contributed by atoms with Crippen LogP contribution in [0, 0.1) is 0 Å². The van der Waals surface area contributed by atoms with Gasteiger partial charge in [0, 0.05) is 24.5 Å². The molecule has 0 bridgehead atoms. The van der Waals surface area contributed by atoms with Gasteiger partial charge in [-0.15, -0.1) is 0 Å². The number of benzene rings is 4. The lowest BCUT2D eigenvalue weighted by atomic mass is 10.2. The number of phenols is 4. The van der Waals surface area contributed by atoms with Crippen molar-refractivity contribution in [1.82, 2.24) is 26.1 Å². The molecule has 12 N–H and O–H groups in total. The molecule has 0 saturated carbocycles. The van der Waals surface area contributed by atoms with E-state index < -0.39 is 23.6 Å². The lowest BCUT2D eigenvalue weighted by molar-refractivity contribution is -0.683. The van der Waals surface area contributed by atoms with E-state index in [9.17, 15) is 49.2 Å². The van der Waals surface area contributed by atoms with Gasteiger partial charge in [-0.2, -0.15) is 0 Å². The molecule has 0 aliphatic heterocycles. The molecule has 294 valence electrons. The summed E-state index contributed by atoms with van der Waals surface area (Å²) in [5, 5.41) is 48.1. The summed E-state index contributed by atoms with van der Waals surface area (Å²) in [6.45, 7) is -0.224. The van der Waals surface area contributed by atoms with Crippen molar-refractivity contribution in [3.63, 3.8) is 0 Å². The van der Waals surface area contributed by atoms with Gasteiger partial charge in [-0.05, 0) is 83.9 Å². The maximum atomic E-state index is 12.6. The number of carbonyl (C=O) groups excluding carboxylic acids is 6. The minimum Gasteiger partial charge on any atom is -0.504 e. The molecule has 1 aromatic heterocycles. The van der Waals surface area contributed by atoms with Crippen LogP contribution in [0.15, 0.2) is 104 Å². The number of carbonyl (C=O) groups is 6. The monoisotopic (exact) mass is 781 g/mol. The largest absolute Gasteiger partial charge is 0.504 e. The summed E-state index contributed by atoms with van der Waals surface area (Å²) < 4.78 is 3.16. The molecule has 5 aromatic rings. The Balaban J connectivity index is 0.976. The number of hydrogen-bond acceptors (Lipinski definition) is 12. The van der Waals surface area contributed by atoms with E-state index in [-0.39, 0.29) is 61.0 Å². The second-order valence-electron chi connectivity index (χ2n) is 12.2. The lowest BCUT2D eigenvalue weighted by Crippen LogP contribution is -2.42. The zero-order chi connectivity index (χ0) is 40.9. The number of hydrogen-bond donors (Lipinski definition) is 12. The molecule has 20 heteroatoms. The zero-order valence-electron chi connectivity index (χ0n) is 29.8. The van der Waals surface area contributed by atoms with E-state index in [0.717, 1.165) is 0 Å². The Hall–Kier alpha value is -8.29. The average molecular weight is 782 g/mol. The Morgan fingerprint density at radius 2 is 0.965 bits per heavy atom. The van der Waals surface area contributed by atoms with Crippen LogP contribution in [-0.2, 0) is 54.9 Å². The smallest absolute Gasteiger partial charge is 0.327 e. The van der Waals surface area contributed by atoms with Crippen molar-refractivity contribution in [1.29, 1.82) is 0 Å². The van der Waals surface area contributed by atoms with Crippen molar-refractivity contribution < 1.29 is 53.8 Å². The van der Waals surface area contributed by atoms with Crippen LogP contribution >= 0.6 is 0 Å². The molecule has 0 aliphatic rings. The second kappa shape index (κ2) is 18.6. The Labute approximate surface area is 323 Å². The number of hydrazine groups is 2. The summed E-state index contributed by atoms with van der Waals surface area (Å²) in [6, 6.07) is 20.6. The summed E-state index contributed by atoms with van der Waals surface area (Å²) in [4.78, 5) is 73.7. The first kappa shape index (κ1) is 39.9. The summed E-state index contributed by atoms with van der Waals surface area (Å²) >= 11 is 0. The highest BCUT2D eigenvalue weighted by atomic mass is 16.3. The molecular formula is C37H37N10O10+. The van der Waals surface area contributed by atoms with Gasteiger partial charge < -0.3 is 41.7 Å². The molecule has 20 nitrogen and oxygen atoms in total. The van der Waals surface area contributed by atoms with Gasteiger partial charge in [0.15, 0.2) is 36.1 Å². The number of phenolic OH excluding ortho intramolecular Hbond substituents is 4. The number of imidazole rings is 1. The lowest BCUT2D eigenvalue weighted by Gasteiger charge is -2.10. The van der Waals surface area contributed by atoms with Gasteiger partial charge >= 0.3 is 23.6 Å². The Bertz CT molecular complexity index is 2120. The summed E-state index contributed by atoms with van der Waals surface area (Å²) in [5.74, 6) is -5.84. The molecule has 5 rings (SSSR count). The molecule has 0 atom stereocenters. The predicted molar refractivity (Wildman–Crippen MR) is 202 cm³/mol. The van der Waals surface area contributed by atoms with Crippen molar-refractivity contribution in [3.05, 3.63) is 115 Å². The van der Waals surface area contributed by atoms with Gasteiger partial charge in [0.1, 0.15) is 12.4 Å². The fourth-order valence-electron chi connectivity index (χ4n) is 4.89. The Morgan fingerprint density at radius 3 is 1.42 bits per heavy atom. The highest BCUT2D eigenvalue weighted by molar-refractivity contribution is 6.35. The van der Waals surface area contributed by atoms with Gasteiger partial charge in [-0.3, -0.25) is 50.5 Å². The number of nitrogens with one attached hydrogen (secondary N) is 8. The number of aromatic nitrogens is 2. The molecule has 4 aromatic carbocycles. The molecule has 6 amide bonds. The number of rotatable bonds is 14. The predicted octanol–water partition coefficient (Wildman–Crippen LogP) is 0.394. The van der Waals surface area contributed by atoms with Crippen LogP contribution < -0.4 is 47.5 Å². The van der Waals surface area contributed by atoms with Crippen molar-refractivity contribution in [2.75, 3.05) is 21.5 Å². The average Bonchev–Trinajstić information content (AvgIpc) is 3.63. The fourth-order valence-corrected chi connectivity index (χ4v) is 4.89. The van der Waals surface area contributed by atoms with E-state index in [1.807, 2.05) is 0 Å². The maximum absolute atomic E-state index is 12.6. The topological polar surface area (TPSA) is 288 Å². The number of nitrogens with zero attached hydrogens (tertiary/aromatic N) is 2. The number of anilines is 4. The summed E-state index contributed by atoms with van der Waals surface area (Å²) in [6.07, 6.45) is 4.83. The molecule has 0 spiro atoms. The molecule has 0 aliphatic carbocycles. The molecule has 1 heterocycles. The highest BCUT2D eigenvalue weighted by Crippen LogP contribution is 2.25. The SMILES string of the molecule is O=C(Cn1cc[n+](CC(=O)Nc2ccc(NNC(=O)C(=O)NCc3ccc(O)c(O)c3)cc2)c1)Nc1ccc(NNC(=O)C(=O)NCc2ccc(O)c(O)c2)cc1. The van der Waals surface area contributed by atoms with Crippen molar-refractivity contribution in [2.24, 2.45) is 0 Å². The first-order valence-electron chi connectivity index (χ1n) is 16.9. The molecule has 0 radical (unpaired) electrons. The Morgan fingerprint density at radius 1 is 0.526 bits per heavy atom. The van der Waals surface area contributed by atoms with E-state index in [2.05, 4.69) is 43.0 Å². The van der Waals surface area contributed by atoms with Crippen LogP contribution in [0.5, 0.6) is 23.0 Å². The standard InChI is InChI=1S/C37H36N10O10/c48-28-11-1-22(15-30(28)50)17-38-34(54)36(56)44-42-26-7-3-24(4-8-26)40-32(52)19-46-13-14-47(21-46)20-33(53)41-25-5-9-27(10-6-25)43-45-37(57)35(55)39-18-23-2-12-29(49)31(51)16-23/h1-16,21H,17-20H2,(H11-,38,39,40,41,42,43,44,45,48,49,50,51,52,53,54,55,56,57)/p+1. The first-order valence-corrected chi connectivity index (χ1v) is 16.9. The van der Waals surface area contributed by atoms with Crippen molar-refractivity contribution in [3.8, 4) is 23.0 Å². The van der Waals surface area contributed by atoms with Crippen LogP contribution in [-0.4, -0.2) is 60.4 Å². The van der Waals surface area contributed by atoms with Gasteiger partial charge in [-0.25, -0.2) is 9.13 Å². The third-order valence-corrected chi connectivity index (χ3v) is 7.77. The van der Waals surface area contributed by atoms with Gasteiger partial charge in [0.25, 0.3) is 11.8 Å². The van der Waals surface area contributed by atoms with E-state index in [1.165, 1.54) is 36.4 Å². The van der Waals surface area contributed by atoms with Crippen LogP contribution in [0.4, 0.5) is 22.7 Å². The van der Waals surface area contributed by atoms with E-state index in [1.54, 1.807) is 76.4 Å². The molecule has 0 unspecified atom stereocenters. The number of amides is 6. The first-order chi connectivity index (χ1) is 27.3. The van der Waals surface area contributed by atoms with Crippen molar-refractivity contribution in [2.45, 2.75) is 26.2 Å². The van der Waals surface area contributed by atoms with Gasteiger partial charge in [0.2, 0.25) is 6.33 Å². The Kier molecular flexibility index (Phi) is 13.1. The second-order valence-corrected chi connectivity index (χ2v) is 12.2. The molecule has 0 fully saturated rings. The number of aromatic hydroxyl groups is 4. The van der Waals surface area contributed by atoms with E-state index in [4.69, 9.17) is 0 Å². The van der Waals surface area contributed by atoms with Gasteiger partial charge in [0.05, 0.1) is 11.4 Å². The molecule has 57 heavy (non-hydrogen) atoms. The van der Waals surface area contributed by atoms with Crippen LogP contribution in [0.2, 0.25) is 0 Å². The maximum Gasteiger partial charge on any atom is 0.327 e. The zero-order valence-corrected chi connectivity index (χ0v) is 29.8. The van der Waals surface area contributed by atoms with Crippen LogP contribution in [0.1, 0.15) is 11.1 Å². The van der Waals surface area contributed by atoms with Crippen LogP contribution in [0.25, 0.3) is 0 Å². The third-order valence-electron chi connectivity index (χ3n) is 7.77. The highest BCUT2D eigenvalue weighted by Gasteiger charge is 2.16. The normalized spacial score (nSPS) is 10.4. The molecule has 0 saturated heterocycles. The van der Waals surface area contributed by atoms with Crippen molar-refractivity contribution >= 4 is 58.2 Å². The summed E-state index contributed by atoms with van der Waals surface area (Å²) in [5.41, 5.74) is 12.4. The fraction of sp³-hybridized carbons (Fsp3) is 0.108. The third kappa shape index (κ3) is 12.1. The van der Waals surface area contributed by atoms with Gasteiger partial charge in [-0.1, -0.05) is 12.1 Å².